The monoisotopic (exact) mass is 841 g/mol. The number of carbonyl (C=O) groups excluding carboxylic acids is 3. The van der Waals surface area contributed by atoms with Crippen molar-refractivity contribution < 1.29 is 61.8 Å². The molecule has 0 fully saturated rings. The second-order valence-electron chi connectivity index (χ2n) is 17.2. The molecular formula is C46H67NO13. The summed E-state index contributed by atoms with van der Waals surface area (Å²) in [6.45, 7) is 18.3. The molecule has 1 heterocycles. The Hall–Kier alpha value is -4.63. The molecule has 7 atom stereocenters. The van der Waals surface area contributed by atoms with Crippen molar-refractivity contribution in [2.24, 2.45) is 11.8 Å². The largest absolute Gasteiger partial charge is 0.497 e. The van der Waals surface area contributed by atoms with Gasteiger partial charge in [0.2, 0.25) is 0 Å². The highest BCUT2D eigenvalue weighted by Crippen LogP contribution is 2.46. The van der Waals surface area contributed by atoms with Gasteiger partial charge in [0.15, 0.2) is 6.10 Å². The molecule has 2 aromatic carbocycles. The zero-order valence-electron chi connectivity index (χ0n) is 38.3. The molecule has 60 heavy (non-hydrogen) atoms. The van der Waals surface area contributed by atoms with Crippen LogP contribution in [0, 0.1) is 11.8 Å². The van der Waals surface area contributed by atoms with Crippen molar-refractivity contribution in [1.29, 1.82) is 0 Å². The molecular weight excluding hydrogens is 774 g/mol. The first-order valence-corrected chi connectivity index (χ1v) is 20.0. The number of hydrogen-bond donors (Lipinski definition) is 0. The highest BCUT2D eigenvalue weighted by atomic mass is 16.6. The maximum atomic E-state index is 14.0. The Balaban J connectivity index is 2.21. The summed E-state index contributed by atoms with van der Waals surface area (Å²) in [5, 5.41) is 0. The molecule has 1 aliphatic rings. The van der Waals surface area contributed by atoms with Gasteiger partial charge in [-0.3, -0.25) is 0 Å². The van der Waals surface area contributed by atoms with Gasteiger partial charge in [-0.15, -0.1) is 0 Å². The molecule has 0 N–H and O–H groups in total. The summed E-state index contributed by atoms with van der Waals surface area (Å²) in [4.78, 5) is 40.9. The van der Waals surface area contributed by atoms with E-state index in [1.54, 1.807) is 82.1 Å². The molecule has 0 saturated carbocycles. The van der Waals surface area contributed by atoms with Gasteiger partial charge in [0.1, 0.15) is 40.2 Å². The molecule has 1 unspecified atom stereocenters. The number of benzene rings is 2. The normalized spacial score (nSPS) is 18.9. The van der Waals surface area contributed by atoms with Gasteiger partial charge in [-0.05, 0) is 103 Å². The quantitative estimate of drug-likeness (QED) is 0.0799. The van der Waals surface area contributed by atoms with Gasteiger partial charge in [0.05, 0.1) is 45.7 Å². The SMILES string of the molecule is COc1ccc(CO[C@@H](c2cc(OC)cc(N(C(=O)OC(C)(C)C)C(=O)OC(C)(C)C)c2OC)[C@@H](C)CC(C)(OC)[C@H](OC)[C@@H](C)/C=C(\C)[C@@H]2OC(=O)C=C[C@@H]2OC)cc1. The van der Waals surface area contributed by atoms with Crippen LogP contribution in [0.15, 0.2) is 60.2 Å². The lowest BCUT2D eigenvalue weighted by Gasteiger charge is -2.41. The second-order valence-corrected chi connectivity index (χ2v) is 17.2. The molecule has 0 bridgehead atoms. The van der Waals surface area contributed by atoms with Crippen LogP contribution in [-0.4, -0.2) is 95.9 Å². The Morgan fingerprint density at radius 1 is 0.833 bits per heavy atom. The average molecular weight is 842 g/mol. The molecule has 0 spiro atoms. The van der Waals surface area contributed by atoms with Crippen LogP contribution in [0.25, 0.3) is 0 Å². The van der Waals surface area contributed by atoms with Crippen LogP contribution in [0.3, 0.4) is 0 Å². The van der Waals surface area contributed by atoms with E-state index in [-0.39, 0.29) is 29.9 Å². The molecule has 0 radical (unpaired) electrons. The van der Waals surface area contributed by atoms with E-state index in [0.717, 1.165) is 16.0 Å². The number of ether oxygens (including phenoxy) is 10. The lowest BCUT2D eigenvalue weighted by Crippen LogP contribution is -2.48. The smallest absolute Gasteiger partial charge is 0.424 e. The van der Waals surface area contributed by atoms with Crippen molar-refractivity contribution in [2.45, 2.75) is 123 Å². The third-order valence-electron chi connectivity index (χ3n) is 10.1. The minimum absolute atomic E-state index is 0.0340. The third-order valence-corrected chi connectivity index (χ3v) is 10.1. The first kappa shape index (κ1) is 49.7. The van der Waals surface area contributed by atoms with Gasteiger partial charge in [0, 0.05) is 45.0 Å². The van der Waals surface area contributed by atoms with E-state index >= 15 is 0 Å². The van der Waals surface area contributed by atoms with E-state index < -0.39 is 59.4 Å². The van der Waals surface area contributed by atoms with Gasteiger partial charge >= 0.3 is 18.2 Å². The van der Waals surface area contributed by atoms with Crippen molar-refractivity contribution in [1.82, 2.24) is 0 Å². The molecule has 1 aliphatic heterocycles. The zero-order valence-corrected chi connectivity index (χ0v) is 38.3. The Morgan fingerprint density at radius 2 is 1.42 bits per heavy atom. The molecule has 14 heteroatoms. The Morgan fingerprint density at radius 3 is 1.90 bits per heavy atom. The Kier molecular flexibility index (Phi) is 17.6. The number of esters is 1. The van der Waals surface area contributed by atoms with Gasteiger partial charge in [0.25, 0.3) is 0 Å². The molecule has 0 aromatic heterocycles. The number of carbonyl (C=O) groups is 3. The predicted octanol–water partition coefficient (Wildman–Crippen LogP) is 9.17. The predicted molar refractivity (Wildman–Crippen MR) is 228 cm³/mol. The number of hydrogen-bond acceptors (Lipinski definition) is 13. The minimum atomic E-state index is -0.971. The van der Waals surface area contributed by atoms with E-state index in [4.69, 9.17) is 47.4 Å². The van der Waals surface area contributed by atoms with Crippen molar-refractivity contribution in [3.05, 3.63) is 71.3 Å². The van der Waals surface area contributed by atoms with Crippen molar-refractivity contribution in [3.63, 3.8) is 0 Å². The fourth-order valence-electron chi connectivity index (χ4n) is 7.42. The van der Waals surface area contributed by atoms with Crippen LogP contribution in [0.4, 0.5) is 15.3 Å². The van der Waals surface area contributed by atoms with E-state index in [0.29, 0.717) is 23.5 Å². The molecule has 14 nitrogen and oxygen atoms in total. The number of nitrogens with zero attached hydrogens (tertiary/aromatic N) is 1. The topological polar surface area (TPSA) is 147 Å². The number of rotatable bonds is 18. The summed E-state index contributed by atoms with van der Waals surface area (Å²) < 4.78 is 59.4. The number of amides is 2. The Bertz CT molecular complexity index is 1780. The van der Waals surface area contributed by atoms with E-state index in [1.165, 1.54) is 26.4 Å². The second kappa shape index (κ2) is 21.2. The molecule has 2 aromatic rings. The number of methoxy groups -OCH3 is 6. The van der Waals surface area contributed by atoms with Gasteiger partial charge in [-0.25, -0.2) is 14.4 Å². The van der Waals surface area contributed by atoms with Crippen LogP contribution in [0.1, 0.15) is 92.9 Å². The van der Waals surface area contributed by atoms with Crippen LogP contribution in [-0.2, 0) is 44.6 Å². The minimum Gasteiger partial charge on any atom is -0.497 e. The summed E-state index contributed by atoms with van der Waals surface area (Å²) in [7, 11) is 9.37. The van der Waals surface area contributed by atoms with Gasteiger partial charge in [-0.1, -0.05) is 32.1 Å². The van der Waals surface area contributed by atoms with Crippen LogP contribution in [0.5, 0.6) is 17.2 Å². The molecule has 0 aliphatic carbocycles. The summed E-state index contributed by atoms with van der Waals surface area (Å²) >= 11 is 0. The van der Waals surface area contributed by atoms with E-state index in [1.807, 2.05) is 58.0 Å². The van der Waals surface area contributed by atoms with E-state index in [2.05, 4.69) is 0 Å². The highest BCUT2D eigenvalue weighted by molar-refractivity contribution is 6.11. The molecule has 3 rings (SSSR count). The summed E-state index contributed by atoms with van der Waals surface area (Å²) in [5.74, 6) is 0.150. The first-order chi connectivity index (χ1) is 28.0. The van der Waals surface area contributed by atoms with Crippen molar-refractivity contribution in [3.8, 4) is 17.2 Å². The van der Waals surface area contributed by atoms with Crippen molar-refractivity contribution >= 4 is 23.8 Å². The number of anilines is 1. The number of imide groups is 1. The molecule has 0 saturated heterocycles. The summed E-state index contributed by atoms with van der Waals surface area (Å²) in [6.07, 6.45) is 1.20. The fourth-order valence-corrected chi connectivity index (χ4v) is 7.42. The molecule has 2 amide bonds. The van der Waals surface area contributed by atoms with E-state index in [9.17, 15) is 14.4 Å². The van der Waals surface area contributed by atoms with Crippen LogP contribution >= 0.6 is 0 Å². The lowest BCUT2D eigenvalue weighted by molar-refractivity contribution is -0.148. The molecule has 334 valence electrons. The first-order valence-electron chi connectivity index (χ1n) is 20.0. The Labute approximate surface area is 356 Å². The summed E-state index contributed by atoms with van der Waals surface area (Å²) in [5.41, 5.74) is -0.655. The zero-order chi connectivity index (χ0) is 45.2. The van der Waals surface area contributed by atoms with Gasteiger partial charge in [-0.2, -0.15) is 4.90 Å². The summed E-state index contributed by atoms with van der Waals surface area (Å²) in [6, 6.07) is 10.8. The van der Waals surface area contributed by atoms with Crippen molar-refractivity contribution in [2.75, 3.05) is 47.6 Å². The van der Waals surface area contributed by atoms with Crippen LogP contribution < -0.4 is 19.1 Å². The highest BCUT2D eigenvalue weighted by Gasteiger charge is 2.43. The fraction of sp³-hybridized carbons (Fsp3) is 0.587. The number of cyclic esters (lactones) is 1. The maximum Gasteiger partial charge on any atom is 0.424 e. The standard InChI is InChI=1S/C46H67NO13/c1-28(39-36(53-13)21-22-37(48)58-39)23-29(2)41(55-15)46(10,56-16)26-30(3)38(57-27-31-17-19-32(51-11)20-18-31)34-24-33(52-12)25-35(40(34)54-14)47(42(49)59-44(4,5)6)43(50)60-45(7,8)9/h17-25,29-30,36,38-39,41H,26-27H2,1-16H3/b28-23+/t29-,30-,36-,38+,39-,41+,46?/m0/s1. The van der Waals surface area contributed by atoms with Crippen LogP contribution in [0.2, 0.25) is 0 Å². The third kappa shape index (κ3) is 13.2. The average Bonchev–Trinajstić information content (AvgIpc) is 3.16. The van der Waals surface area contributed by atoms with Gasteiger partial charge < -0.3 is 47.4 Å². The lowest BCUT2D eigenvalue weighted by atomic mass is 9.78. The maximum absolute atomic E-state index is 14.0.